The molecule has 3 saturated carbocycles. The van der Waals surface area contributed by atoms with Gasteiger partial charge in [0, 0.05) is 7.11 Å². The molecule has 27 heteroatoms. The van der Waals surface area contributed by atoms with Gasteiger partial charge in [-0.1, -0.05) is 39.3 Å². The molecule has 1 spiro atoms. The fourth-order valence-electron chi connectivity index (χ4n) is 16.4. The highest BCUT2D eigenvalue weighted by molar-refractivity contribution is 7.80. The number of fused-ring (bicyclic) bond motifs is 4. The van der Waals surface area contributed by atoms with Crippen molar-refractivity contribution in [3.63, 3.8) is 0 Å². The van der Waals surface area contributed by atoms with E-state index in [4.69, 9.17) is 51.6 Å². The number of ether oxygens (including phenoxy) is 10. The van der Waals surface area contributed by atoms with Crippen molar-refractivity contribution >= 4 is 16.4 Å². The molecule has 28 atom stereocenters. The van der Waals surface area contributed by atoms with Crippen molar-refractivity contribution in [2.75, 3.05) is 20.3 Å². The summed E-state index contributed by atoms with van der Waals surface area (Å²) in [6.07, 6.45) is -26.9. The molecular weight excluding hydrogens is 1100 g/mol. The van der Waals surface area contributed by atoms with E-state index < -0.39 is 197 Å². The van der Waals surface area contributed by atoms with Gasteiger partial charge in [0.2, 0.25) is 0 Å². The molecule has 5 unspecified atom stereocenters. The number of esters is 1. The summed E-state index contributed by atoms with van der Waals surface area (Å²) < 4.78 is 98.1. The first kappa shape index (κ1) is 63.8. The highest BCUT2D eigenvalue weighted by atomic mass is 32.3. The Kier molecular flexibility index (Phi) is 17.7. The summed E-state index contributed by atoms with van der Waals surface area (Å²) in [4.78, 5) is 14.5. The minimum Gasteiger partial charge on any atom is -0.456 e. The van der Waals surface area contributed by atoms with Crippen molar-refractivity contribution in [1.29, 1.82) is 0 Å². The molecule has 26 nitrogen and oxygen atoms in total. The molecule has 0 amide bonds. The number of cyclic esters (lactones) is 1. The van der Waals surface area contributed by atoms with Crippen LogP contribution < -0.4 is 0 Å². The predicted octanol–water partition coefficient (Wildman–Crippen LogP) is -1.25. The number of carbonyl (C=O) groups is 1. The third-order valence-corrected chi connectivity index (χ3v) is 21.2. The van der Waals surface area contributed by atoms with Crippen LogP contribution in [0.25, 0.3) is 0 Å². The summed E-state index contributed by atoms with van der Waals surface area (Å²) in [5, 5.41) is 125. The summed E-state index contributed by atoms with van der Waals surface area (Å²) in [7, 11) is -3.98. The topological polar surface area (TPSA) is 396 Å². The van der Waals surface area contributed by atoms with Gasteiger partial charge in [0.25, 0.3) is 0 Å². The van der Waals surface area contributed by atoms with Gasteiger partial charge in [0.15, 0.2) is 25.2 Å². The van der Waals surface area contributed by atoms with Crippen LogP contribution >= 0.6 is 0 Å². The molecule has 9 aliphatic rings. The zero-order valence-corrected chi connectivity index (χ0v) is 48.4. The van der Waals surface area contributed by atoms with Gasteiger partial charge in [-0.15, -0.1) is 0 Å². The normalized spacial score (nSPS) is 51.8. The number of carbonyl (C=O) groups excluding carboxylic acids is 1. The molecule has 0 radical (unpaired) electrons. The summed E-state index contributed by atoms with van der Waals surface area (Å²) in [6, 6.07) is 0. The Morgan fingerprint density at radius 3 is 1.98 bits per heavy atom. The first-order valence-corrected chi connectivity index (χ1v) is 29.8. The molecule has 5 saturated heterocycles. The maximum atomic E-state index is 14.5. The smallest absolute Gasteiger partial charge is 0.397 e. The van der Waals surface area contributed by atoms with E-state index in [1.54, 1.807) is 26.8 Å². The highest BCUT2D eigenvalue weighted by Crippen LogP contribution is 2.77. The third kappa shape index (κ3) is 10.5. The molecule has 5 aliphatic heterocycles. The number of methoxy groups -OCH3 is 1. The lowest BCUT2D eigenvalue weighted by Crippen LogP contribution is -2.68. The van der Waals surface area contributed by atoms with Crippen molar-refractivity contribution in [2.45, 2.75) is 266 Å². The fourth-order valence-corrected chi connectivity index (χ4v) is 16.9. The molecule has 0 aromatic heterocycles. The molecule has 466 valence electrons. The highest BCUT2D eigenvalue weighted by Gasteiger charge is 2.85. The first-order chi connectivity index (χ1) is 37.6. The average Bonchev–Trinajstić information content (AvgIpc) is 1.78. The standard InChI is InChI=1S/C54H88O26S/c1-23-32(57)41(77-45-37(62)40(70-10)33(58)27(21-55)74-45)38(63)44(72-23)76-39-24(2)73-43(36(61)35(39)60)78-42-34(59)28(80-81(67,68)69)22-71-46(42)75-31-14-17-50(7)26-20-30(56)54-47(64)79-52(9,16-11-15-48(3,4)65)53(54,66)19-18-51(54,8)25(26)12-13-29(50)49(31,5)6/h20,23-25,27-46,55-63,65-66H,11-19,21-22H2,1-10H3,(H,67,68,69)/t23-,24-,25?,27-,28-,29?,30?,31?,32-,33-,34+,35-,36-,37-,38-,39-,40+,41+,42-,43+,44+,45+,46+,50-,51+,52+,53+,54?/m1/s1. The van der Waals surface area contributed by atoms with Gasteiger partial charge in [-0.3, -0.25) is 9.35 Å². The van der Waals surface area contributed by atoms with Crippen molar-refractivity contribution < 1.29 is 125 Å². The second kappa shape index (κ2) is 22.5. The average molecular weight is 1190 g/mol. The predicted molar refractivity (Wildman–Crippen MR) is 274 cm³/mol. The Bertz CT molecular complexity index is 2410. The number of aliphatic hydroxyl groups excluding tert-OH is 9. The molecule has 5 heterocycles. The van der Waals surface area contributed by atoms with E-state index in [-0.39, 0.29) is 18.3 Å². The molecular formula is C54H88O26S. The summed E-state index contributed by atoms with van der Waals surface area (Å²) in [5.74, 6) is -0.956. The first-order valence-electron chi connectivity index (χ1n) is 28.4. The second-order valence-corrected chi connectivity index (χ2v) is 27.4. The molecule has 8 fully saturated rings. The molecule has 9 rings (SSSR count). The van der Waals surface area contributed by atoms with Crippen molar-refractivity contribution in [1.82, 2.24) is 0 Å². The van der Waals surface area contributed by atoms with Gasteiger partial charge in [-0.05, 0) is 120 Å². The number of rotatable bonds is 16. The van der Waals surface area contributed by atoms with Gasteiger partial charge in [-0.25, -0.2) is 4.18 Å². The van der Waals surface area contributed by atoms with E-state index in [9.17, 15) is 73.9 Å². The zero-order valence-electron chi connectivity index (χ0n) is 47.6. The minimum absolute atomic E-state index is 0.124. The third-order valence-electron chi connectivity index (χ3n) is 20.7. The quantitative estimate of drug-likeness (QED) is 0.0372. The fraction of sp³-hybridized carbons (Fsp3) is 0.944. The maximum absolute atomic E-state index is 14.5. The molecule has 81 heavy (non-hydrogen) atoms. The van der Waals surface area contributed by atoms with Crippen LogP contribution in [-0.2, 0) is 66.7 Å². The lowest BCUT2D eigenvalue weighted by atomic mass is 9.40. The van der Waals surface area contributed by atoms with Crippen LogP contribution in [0.2, 0.25) is 0 Å². The summed E-state index contributed by atoms with van der Waals surface area (Å²) in [5.41, 5.74) is -6.77. The van der Waals surface area contributed by atoms with Crippen molar-refractivity contribution in [3.8, 4) is 0 Å². The van der Waals surface area contributed by atoms with Crippen LogP contribution in [0.3, 0.4) is 0 Å². The van der Waals surface area contributed by atoms with Crippen LogP contribution in [0.15, 0.2) is 11.6 Å². The van der Waals surface area contributed by atoms with Crippen LogP contribution in [-0.4, -0.2) is 241 Å². The van der Waals surface area contributed by atoms with Gasteiger partial charge >= 0.3 is 16.4 Å². The largest absolute Gasteiger partial charge is 0.456 e. The zero-order chi connectivity index (χ0) is 59.7. The Hall–Kier alpha value is -1.72. The van der Waals surface area contributed by atoms with Crippen LogP contribution in [0, 0.1) is 33.5 Å². The second-order valence-electron chi connectivity index (χ2n) is 26.4. The molecule has 4 aliphatic carbocycles. The summed E-state index contributed by atoms with van der Waals surface area (Å²) in [6.45, 7) is 14.9. The number of hydrogen-bond donors (Lipinski definition) is 12. The summed E-state index contributed by atoms with van der Waals surface area (Å²) >= 11 is 0. The Labute approximate surface area is 471 Å². The molecule has 0 aromatic rings. The maximum Gasteiger partial charge on any atom is 0.397 e. The van der Waals surface area contributed by atoms with Gasteiger partial charge in [-0.2, -0.15) is 8.42 Å². The SMILES string of the molecule is CO[C@@H]1[C@@H](O)[C@H](O[C@@H]2[C@@H](O)[C@H](O[C@H]3[C@H](O)[C@@H](O)[C@H](O[C@H]4[C@H](OC5CC[C@]6(C)C7=CC(O)C89C(=O)O[C@@](C)(CCCC(C)(C)O)[C@@]8(O)CC[C@@]9(C)C7CCC6C5(C)C)OC[C@@H](OS(=O)(=O)O)[C@@H]4O)O[C@@H]3C)O[C@H](C)[C@H]2O)O[C@H](CO)[C@H]1O. The monoisotopic (exact) mass is 1180 g/mol. The van der Waals surface area contributed by atoms with Crippen LogP contribution in [0.5, 0.6) is 0 Å². The molecule has 12 N–H and O–H groups in total. The van der Waals surface area contributed by atoms with Crippen LogP contribution in [0.1, 0.15) is 120 Å². The molecule has 0 aromatic carbocycles. The van der Waals surface area contributed by atoms with Crippen molar-refractivity contribution in [2.24, 2.45) is 33.5 Å². The van der Waals surface area contributed by atoms with Crippen molar-refractivity contribution in [3.05, 3.63) is 11.6 Å². The molecule has 0 bridgehead atoms. The van der Waals surface area contributed by atoms with E-state index in [1.165, 1.54) is 21.0 Å². The van der Waals surface area contributed by atoms with Crippen LogP contribution in [0.4, 0.5) is 0 Å². The van der Waals surface area contributed by atoms with E-state index in [0.29, 0.717) is 51.4 Å². The number of aliphatic hydroxyl groups is 11. The van der Waals surface area contributed by atoms with Gasteiger partial charge in [0.05, 0.1) is 43.2 Å². The van der Waals surface area contributed by atoms with E-state index in [1.807, 2.05) is 20.8 Å². The minimum atomic E-state index is -5.18. The van der Waals surface area contributed by atoms with Gasteiger partial charge < -0.3 is 104 Å². The Morgan fingerprint density at radius 1 is 0.716 bits per heavy atom. The Morgan fingerprint density at radius 2 is 1.33 bits per heavy atom. The number of hydrogen-bond acceptors (Lipinski definition) is 25. The Balaban J connectivity index is 0.906. The van der Waals surface area contributed by atoms with E-state index in [0.717, 1.165) is 5.57 Å². The lowest BCUT2D eigenvalue weighted by Gasteiger charge is -2.64. The van der Waals surface area contributed by atoms with E-state index in [2.05, 4.69) is 6.92 Å². The lowest BCUT2D eigenvalue weighted by molar-refractivity contribution is -0.387. The number of allylic oxidation sites excluding steroid dienone is 1. The van der Waals surface area contributed by atoms with Gasteiger partial charge in [0.1, 0.15) is 96.0 Å². The van der Waals surface area contributed by atoms with E-state index >= 15 is 0 Å².